The predicted molar refractivity (Wildman–Crippen MR) is 164 cm³/mol. The van der Waals surface area contributed by atoms with Crippen molar-refractivity contribution in [3.8, 4) is 0 Å². The average molecular weight is 717 g/mol. The highest BCUT2D eigenvalue weighted by molar-refractivity contribution is 6.01. The number of hydrogen-bond donors (Lipinski definition) is 6. The van der Waals surface area contributed by atoms with Crippen LogP contribution in [0.4, 0.5) is 4.39 Å². The Labute approximate surface area is 288 Å². The van der Waals surface area contributed by atoms with Crippen LogP contribution in [-0.4, -0.2) is 109 Å². The molecule has 4 aliphatic carbocycles. The van der Waals surface area contributed by atoms with Crippen molar-refractivity contribution in [2.24, 2.45) is 22.7 Å². The largest absolute Gasteiger partial charge is 0.457 e. The van der Waals surface area contributed by atoms with Gasteiger partial charge in [0.2, 0.25) is 11.4 Å². The summed E-state index contributed by atoms with van der Waals surface area (Å²) in [5.41, 5.74) is -6.82. The van der Waals surface area contributed by atoms with Crippen LogP contribution in [0.2, 0.25) is 0 Å². The molecule has 0 saturated heterocycles. The normalized spacial score (nSPS) is 34.6. The molecule has 4 aliphatic rings. The number of aliphatic hydroxyl groups excluding tert-OH is 2. The van der Waals surface area contributed by atoms with Gasteiger partial charge >= 0.3 is 11.9 Å². The number of nitrogens with zero attached hydrogens (tertiary/aromatic N) is 2. The molecule has 0 amide bonds. The Bertz CT molecular complexity index is 1330. The fourth-order valence-corrected chi connectivity index (χ4v) is 8.90. The molecule has 4 rings (SSSR count). The molecule has 0 aromatic heterocycles. The van der Waals surface area contributed by atoms with Crippen LogP contribution in [0.1, 0.15) is 90.9 Å². The molecule has 0 aromatic rings. The molecular formula is C33H49FN2O14. The summed E-state index contributed by atoms with van der Waals surface area (Å²) >= 11 is 0. The van der Waals surface area contributed by atoms with E-state index in [1.807, 2.05) is 0 Å². The summed E-state index contributed by atoms with van der Waals surface area (Å²) in [4.78, 5) is 61.3. The maximum atomic E-state index is 17.6. The van der Waals surface area contributed by atoms with Crippen LogP contribution in [-0.2, 0) is 38.3 Å². The van der Waals surface area contributed by atoms with E-state index in [0.29, 0.717) is 44.1 Å². The number of carbonyl (C=O) groups is 4. The number of allylic oxidation sites excluding steroid dienone is 4. The van der Waals surface area contributed by atoms with Crippen LogP contribution in [0.3, 0.4) is 0 Å². The first-order chi connectivity index (χ1) is 23.5. The number of ether oxygens (including phenoxy) is 2. The Morgan fingerprint density at radius 1 is 0.880 bits per heavy atom. The van der Waals surface area contributed by atoms with Gasteiger partial charge in [-0.05, 0) is 76.4 Å². The first-order valence-corrected chi connectivity index (χ1v) is 17.0. The number of esters is 2. The van der Waals surface area contributed by atoms with Gasteiger partial charge in [0, 0.05) is 29.6 Å². The van der Waals surface area contributed by atoms with E-state index >= 15 is 4.39 Å². The Kier molecular flexibility index (Phi) is 13.1. The lowest BCUT2D eigenvalue weighted by molar-refractivity contribution is -0.492. The number of fused-ring (bicyclic) bond motifs is 5. The molecule has 50 heavy (non-hydrogen) atoms. The second kappa shape index (κ2) is 16.3. The monoisotopic (exact) mass is 716 g/mol. The van der Waals surface area contributed by atoms with Crippen LogP contribution in [0.25, 0.3) is 0 Å². The molecule has 0 aromatic carbocycles. The maximum Gasteiger partial charge on any atom is 0.306 e. The van der Waals surface area contributed by atoms with E-state index < -0.39 is 81.3 Å². The zero-order valence-corrected chi connectivity index (χ0v) is 28.4. The molecule has 6 N–H and O–H groups in total. The van der Waals surface area contributed by atoms with E-state index in [1.165, 1.54) is 18.2 Å². The van der Waals surface area contributed by atoms with Crippen molar-refractivity contribution in [2.45, 2.75) is 114 Å². The topological polar surface area (TPSA) is 233 Å². The van der Waals surface area contributed by atoms with Crippen LogP contribution < -0.4 is 0 Å². The standard InChI is InChI=1S/C33H49FN2O14/c1-30-14-13-22(37)17-21(30)11-12-23-24-18-25(38)33(31(24,2)19-26(39)32(23,30)34,50-29(42)10-6-4-8-16-49-36(45)46)27(40)20-47-28(41)9-5-3-7-15-48-35(43)44/h13-14,17,23-26,38-39,43-46H,3-12,15-16,18-20H2,1-2H3/t23?,24?,25-,26+,30+,31+,32+,33+/m1/s1. The van der Waals surface area contributed by atoms with Gasteiger partial charge in [0.05, 0.1) is 30.1 Å². The molecule has 17 heteroatoms. The number of unbranched alkanes of at least 4 members (excludes halogenated alkanes) is 4. The first kappa shape index (κ1) is 40.1. The number of alkyl halides is 1. The number of carbonyl (C=O) groups excluding carboxylic acids is 4. The number of hydrogen-bond acceptors (Lipinski definition) is 16. The van der Waals surface area contributed by atoms with E-state index in [4.69, 9.17) is 30.3 Å². The Morgan fingerprint density at radius 2 is 1.48 bits per heavy atom. The van der Waals surface area contributed by atoms with Crippen LogP contribution in [0.5, 0.6) is 0 Å². The molecule has 2 unspecified atom stereocenters. The number of halogens is 1. The molecule has 0 aliphatic heterocycles. The predicted octanol–water partition coefficient (Wildman–Crippen LogP) is 2.87. The highest BCUT2D eigenvalue weighted by Crippen LogP contribution is 2.70. The molecule has 0 bridgehead atoms. The van der Waals surface area contributed by atoms with Crippen molar-refractivity contribution in [2.75, 3.05) is 19.8 Å². The Balaban J connectivity index is 1.55. The molecule has 0 spiro atoms. The van der Waals surface area contributed by atoms with Gasteiger partial charge in [-0.25, -0.2) is 4.39 Å². The number of rotatable bonds is 18. The average Bonchev–Trinajstić information content (AvgIpc) is 3.26. The van der Waals surface area contributed by atoms with E-state index in [-0.39, 0.29) is 57.5 Å². The van der Waals surface area contributed by atoms with Crippen LogP contribution in [0.15, 0.2) is 23.8 Å². The summed E-state index contributed by atoms with van der Waals surface area (Å²) in [6, 6.07) is 0. The van der Waals surface area contributed by atoms with Gasteiger partial charge in [0.15, 0.2) is 18.1 Å². The third kappa shape index (κ3) is 7.72. The summed E-state index contributed by atoms with van der Waals surface area (Å²) in [5.74, 6) is -4.41. The minimum atomic E-state index is -2.29. The lowest BCUT2D eigenvalue weighted by Crippen LogP contribution is -2.70. The van der Waals surface area contributed by atoms with Crippen molar-refractivity contribution < 1.29 is 73.8 Å². The molecule has 16 nitrogen and oxygen atoms in total. The zero-order valence-electron chi connectivity index (χ0n) is 28.4. The van der Waals surface area contributed by atoms with Crippen LogP contribution in [0, 0.1) is 22.7 Å². The van der Waals surface area contributed by atoms with Crippen molar-refractivity contribution in [1.29, 1.82) is 0 Å². The van der Waals surface area contributed by atoms with Gasteiger partial charge in [-0.2, -0.15) is 0 Å². The van der Waals surface area contributed by atoms with Gasteiger partial charge < -0.3 is 19.7 Å². The van der Waals surface area contributed by atoms with E-state index in [9.17, 15) is 29.4 Å². The molecule has 3 fully saturated rings. The third-order valence-corrected chi connectivity index (χ3v) is 11.3. The summed E-state index contributed by atoms with van der Waals surface area (Å²) in [7, 11) is 0. The summed E-state index contributed by atoms with van der Waals surface area (Å²) < 4.78 is 28.9. The number of aliphatic hydroxyl groups is 2. The minimum absolute atomic E-state index is 0.0120. The van der Waals surface area contributed by atoms with Crippen molar-refractivity contribution in [1.82, 2.24) is 10.8 Å². The second-order valence-electron chi connectivity index (χ2n) is 14.1. The van der Waals surface area contributed by atoms with E-state index in [1.54, 1.807) is 13.8 Å². The van der Waals surface area contributed by atoms with Gasteiger partial charge in [0.25, 0.3) is 0 Å². The smallest absolute Gasteiger partial charge is 0.306 e. The Morgan fingerprint density at radius 3 is 2.08 bits per heavy atom. The van der Waals surface area contributed by atoms with Gasteiger partial charge in [-0.3, -0.25) is 49.7 Å². The van der Waals surface area contributed by atoms with Crippen molar-refractivity contribution >= 4 is 23.5 Å². The third-order valence-electron chi connectivity index (χ3n) is 11.3. The summed E-state index contributed by atoms with van der Waals surface area (Å²) in [6.45, 7) is 2.31. The van der Waals surface area contributed by atoms with Crippen molar-refractivity contribution in [3.05, 3.63) is 23.8 Å². The zero-order chi connectivity index (χ0) is 36.9. The quantitative estimate of drug-likeness (QED) is 0.0680. The number of Topliss-reactive ketones (excluding diaryl/α,β-unsaturated/α-hetero) is 1. The van der Waals surface area contributed by atoms with Crippen molar-refractivity contribution in [3.63, 3.8) is 0 Å². The molecule has 8 atom stereocenters. The fourth-order valence-electron chi connectivity index (χ4n) is 8.90. The number of ketones is 2. The van der Waals surface area contributed by atoms with Gasteiger partial charge in [-0.15, -0.1) is 0 Å². The maximum absolute atomic E-state index is 17.6. The highest BCUT2D eigenvalue weighted by atomic mass is 19.1. The fraction of sp³-hybridized carbons (Fsp3) is 0.758. The molecule has 0 radical (unpaired) electrons. The lowest BCUT2D eigenvalue weighted by Gasteiger charge is -2.62. The van der Waals surface area contributed by atoms with E-state index in [2.05, 4.69) is 9.68 Å². The van der Waals surface area contributed by atoms with Crippen LogP contribution >= 0.6 is 0 Å². The second-order valence-corrected chi connectivity index (χ2v) is 14.1. The molecule has 0 heterocycles. The molecule has 282 valence electrons. The molecular weight excluding hydrogens is 667 g/mol. The first-order valence-electron chi connectivity index (χ1n) is 17.0. The Hall–Kier alpha value is -2.71. The SMILES string of the molecule is C[C@]12C=CC(=O)C=C1CCC1C3C[C@@H](O)[C@](OC(=O)CCCCCON(O)O)(C(=O)COC(=O)CCCCCON(O)O)[C@@]3(C)C[C@H](O)[C@@]12F. The lowest BCUT2D eigenvalue weighted by atomic mass is 9.44. The van der Waals surface area contributed by atoms with Gasteiger partial charge in [-0.1, -0.05) is 31.4 Å². The molecule has 3 saturated carbocycles. The summed E-state index contributed by atoms with van der Waals surface area (Å²) in [5, 5.41) is 57.1. The summed E-state index contributed by atoms with van der Waals surface area (Å²) in [6.07, 6.45) is 2.80. The van der Waals surface area contributed by atoms with E-state index in [0.717, 1.165) is 0 Å². The highest BCUT2D eigenvalue weighted by Gasteiger charge is 2.78. The van der Waals surface area contributed by atoms with Gasteiger partial charge in [0.1, 0.15) is 6.10 Å². The minimum Gasteiger partial charge on any atom is -0.457 e.